The molecule has 0 spiro atoms. The summed E-state index contributed by atoms with van der Waals surface area (Å²) in [5, 5.41) is 0. The topological polar surface area (TPSA) is 36.4 Å². The van der Waals surface area contributed by atoms with E-state index >= 15 is 0 Å². The number of pyridine rings is 1. The van der Waals surface area contributed by atoms with Gasteiger partial charge < -0.3 is 9.80 Å². The van der Waals surface area contributed by atoms with Crippen molar-refractivity contribution in [3.8, 4) is 0 Å². The summed E-state index contributed by atoms with van der Waals surface area (Å²) in [6, 6.07) is 10.6. The van der Waals surface area contributed by atoms with Crippen LogP contribution in [-0.4, -0.2) is 30.5 Å². The second kappa shape index (κ2) is 6.87. The van der Waals surface area contributed by atoms with Crippen molar-refractivity contribution < 1.29 is 18.0 Å². The molecule has 1 amide bonds. The maximum Gasteiger partial charge on any atom is 0.433 e. The van der Waals surface area contributed by atoms with Crippen molar-refractivity contribution in [2.24, 2.45) is 5.92 Å². The number of halogens is 3. The average molecular weight is 375 g/mol. The summed E-state index contributed by atoms with van der Waals surface area (Å²) in [7, 11) is 0. The van der Waals surface area contributed by atoms with Crippen LogP contribution in [0, 0.1) is 5.92 Å². The number of anilines is 2. The van der Waals surface area contributed by atoms with Gasteiger partial charge in [-0.2, -0.15) is 13.2 Å². The molecule has 4 rings (SSSR count). The van der Waals surface area contributed by atoms with Gasteiger partial charge in [-0.05, 0) is 43.0 Å². The Balaban J connectivity index is 1.42. The van der Waals surface area contributed by atoms with Gasteiger partial charge in [0.25, 0.3) is 0 Å². The standard InChI is InChI=1S/C20H20F3N3O/c21-20(22,23)18-13-16(5-9-24-18)25-10-6-15(7-11-25)19(27)26-12-8-14-3-1-2-4-17(14)26/h1-5,9,13,15H,6-8,10-12H2. The zero-order valence-corrected chi connectivity index (χ0v) is 14.7. The van der Waals surface area contributed by atoms with Gasteiger partial charge in [0.1, 0.15) is 5.69 Å². The molecule has 1 fully saturated rings. The summed E-state index contributed by atoms with van der Waals surface area (Å²) in [4.78, 5) is 20.1. The molecule has 0 N–H and O–H groups in total. The lowest BCUT2D eigenvalue weighted by Crippen LogP contribution is -2.42. The van der Waals surface area contributed by atoms with E-state index in [1.165, 1.54) is 11.8 Å². The quantitative estimate of drug-likeness (QED) is 0.799. The molecule has 2 aromatic rings. The summed E-state index contributed by atoms with van der Waals surface area (Å²) in [5.74, 6) is 0.0432. The number of fused-ring (bicyclic) bond motifs is 1. The molecule has 0 atom stereocenters. The van der Waals surface area contributed by atoms with Crippen molar-refractivity contribution >= 4 is 17.3 Å². The largest absolute Gasteiger partial charge is 0.433 e. The predicted octanol–water partition coefficient (Wildman–Crippen LogP) is 3.91. The number of hydrogen-bond acceptors (Lipinski definition) is 3. The summed E-state index contributed by atoms with van der Waals surface area (Å²) >= 11 is 0. The first-order valence-electron chi connectivity index (χ1n) is 9.11. The minimum Gasteiger partial charge on any atom is -0.371 e. The lowest BCUT2D eigenvalue weighted by Gasteiger charge is -2.34. The van der Waals surface area contributed by atoms with Crippen LogP contribution in [0.2, 0.25) is 0 Å². The lowest BCUT2D eigenvalue weighted by molar-refractivity contribution is -0.141. The molecule has 142 valence electrons. The Labute approximate surface area is 155 Å². The molecule has 0 saturated carbocycles. The Morgan fingerprint density at radius 1 is 1.07 bits per heavy atom. The predicted molar refractivity (Wildman–Crippen MR) is 96.7 cm³/mol. The van der Waals surface area contributed by atoms with E-state index in [-0.39, 0.29) is 11.8 Å². The number of rotatable bonds is 2. The van der Waals surface area contributed by atoms with Crippen LogP contribution in [-0.2, 0) is 17.4 Å². The van der Waals surface area contributed by atoms with Crippen LogP contribution in [0.5, 0.6) is 0 Å². The van der Waals surface area contributed by atoms with Gasteiger partial charge in [0.15, 0.2) is 0 Å². The third-order valence-corrected chi connectivity index (χ3v) is 5.40. The molecular formula is C20H20F3N3O. The van der Waals surface area contributed by atoms with E-state index in [1.807, 2.05) is 34.1 Å². The molecule has 0 unspecified atom stereocenters. The van der Waals surface area contributed by atoms with Gasteiger partial charge in [-0.3, -0.25) is 9.78 Å². The molecule has 0 radical (unpaired) electrons. The third kappa shape index (κ3) is 3.50. The molecule has 3 heterocycles. The normalized spacial score (nSPS) is 17.9. The monoisotopic (exact) mass is 375 g/mol. The van der Waals surface area contributed by atoms with E-state index in [4.69, 9.17) is 0 Å². The number of alkyl halides is 3. The molecule has 2 aliphatic heterocycles. The number of nitrogens with zero attached hydrogens (tertiary/aromatic N) is 3. The summed E-state index contributed by atoms with van der Waals surface area (Å²) in [6.45, 7) is 1.83. The number of carbonyl (C=O) groups excluding carboxylic acids is 1. The highest BCUT2D eigenvalue weighted by Gasteiger charge is 2.35. The minimum atomic E-state index is -4.45. The number of piperidine rings is 1. The Morgan fingerprint density at radius 2 is 1.81 bits per heavy atom. The molecular weight excluding hydrogens is 355 g/mol. The number of benzene rings is 1. The number of amides is 1. The van der Waals surface area contributed by atoms with Crippen LogP contribution in [0.25, 0.3) is 0 Å². The van der Waals surface area contributed by atoms with Crippen LogP contribution >= 0.6 is 0 Å². The van der Waals surface area contributed by atoms with Crippen molar-refractivity contribution in [3.05, 3.63) is 53.9 Å². The zero-order chi connectivity index (χ0) is 19.0. The highest BCUT2D eigenvalue weighted by atomic mass is 19.4. The van der Waals surface area contributed by atoms with Gasteiger partial charge in [-0.15, -0.1) is 0 Å². The van der Waals surface area contributed by atoms with E-state index in [2.05, 4.69) is 4.98 Å². The maximum absolute atomic E-state index is 12.9. The maximum atomic E-state index is 12.9. The molecule has 2 aliphatic rings. The molecule has 7 heteroatoms. The summed E-state index contributed by atoms with van der Waals surface area (Å²) < 4.78 is 38.6. The average Bonchev–Trinajstić information content (AvgIpc) is 3.11. The van der Waals surface area contributed by atoms with E-state index in [0.29, 0.717) is 38.2 Å². The Morgan fingerprint density at radius 3 is 2.56 bits per heavy atom. The van der Waals surface area contributed by atoms with Crippen molar-refractivity contribution in [1.82, 2.24) is 4.98 Å². The van der Waals surface area contributed by atoms with E-state index in [9.17, 15) is 18.0 Å². The van der Waals surface area contributed by atoms with Crippen molar-refractivity contribution in [2.45, 2.75) is 25.4 Å². The number of aromatic nitrogens is 1. The van der Waals surface area contributed by atoms with Gasteiger partial charge in [0, 0.05) is 43.1 Å². The van der Waals surface area contributed by atoms with Crippen LogP contribution in [0.15, 0.2) is 42.6 Å². The summed E-state index contributed by atoms with van der Waals surface area (Å²) in [5.41, 5.74) is 1.82. The Hall–Kier alpha value is -2.57. The van der Waals surface area contributed by atoms with Gasteiger partial charge in [0.05, 0.1) is 0 Å². The number of carbonyl (C=O) groups is 1. The Bertz CT molecular complexity index is 844. The van der Waals surface area contributed by atoms with E-state index in [1.54, 1.807) is 6.07 Å². The van der Waals surface area contributed by atoms with Gasteiger partial charge in [-0.25, -0.2) is 0 Å². The fraction of sp³-hybridized carbons (Fsp3) is 0.400. The van der Waals surface area contributed by atoms with Gasteiger partial charge in [0.2, 0.25) is 5.91 Å². The van der Waals surface area contributed by atoms with Crippen LogP contribution < -0.4 is 9.80 Å². The fourth-order valence-electron chi connectivity index (χ4n) is 3.94. The fourth-order valence-corrected chi connectivity index (χ4v) is 3.94. The van der Waals surface area contributed by atoms with Crippen molar-refractivity contribution in [2.75, 3.05) is 29.4 Å². The number of hydrogen-bond donors (Lipinski definition) is 0. The van der Waals surface area contributed by atoms with Crippen LogP contribution in [0.4, 0.5) is 24.5 Å². The first-order chi connectivity index (χ1) is 12.9. The highest BCUT2D eigenvalue weighted by molar-refractivity contribution is 5.97. The van der Waals surface area contributed by atoms with Crippen molar-refractivity contribution in [3.63, 3.8) is 0 Å². The molecule has 1 aromatic carbocycles. The second-order valence-electron chi connectivity index (χ2n) is 7.03. The lowest BCUT2D eigenvalue weighted by atomic mass is 9.94. The SMILES string of the molecule is O=C(C1CCN(c2ccnc(C(F)(F)F)c2)CC1)N1CCc2ccccc21. The minimum absolute atomic E-state index is 0.0867. The third-order valence-electron chi connectivity index (χ3n) is 5.40. The molecule has 27 heavy (non-hydrogen) atoms. The second-order valence-corrected chi connectivity index (χ2v) is 7.03. The van der Waals surface area contributed by atoms with Crippen molar-refractivity contribution in [1.29, 1.82) is 0 Å². The molecule has 0 bridgehead atoms. The van der Waals surface area contributed by atoms with Crippen LogP contribution in [0.3, 0.4) is 0 Å². The van der Waals surface area contributed by atoms with E-state index < -0.39 is 11.9 Å². The molecule has 1 aromatic heterocycles. The van der Waals surface area contributed by atoms with Gasteiger partial charge >= 0.3 is 6.18 Å². The van der Waals surface area contributed by atoms with Crippen LogP contribution in [0.1, 0.15) is 24.1 Å². The molecule has 0 aliphatic carbocycles. The molecule has 4 nitrogen and oxygen atoms in total. The van der Waals surface area contributed by atoms with Gasteiger partial charge in [-0.1, -0.05) is 18.2 Å². The Kier molecular flexibility index (Phi) is 4.53. The first kappa shape index (κ1) is 17.8. The summed E-state index contributed by atoms with van der Waals surface area (Å²) in [6.07, 6.45) is -1.11. The molecule has 1 saturated heterocycles. The van der Waals surface area contributed by atoms with E-state index in [0.717, 1.165) is 18.2 Å². The first-order valence-corrected chi connectivity index (χ1v) is 9.11. The smallest absolute Gasteiger partial charge is 0.371 e. The highest BCUT2D eigenvalue weighted by Crippen LogP contribution is 2.33. The number of para-hydroxylation sites is 1. The zero-order valence-electron chi connectivity index (χ0n) is 14.7.